The Morgan fingerprint density at radius 1 is 1.15 bits per heavy atom. The minimum absolute atomic E-state index is 0.0323. The average molecular weight is 369 g/mol. The number of anilines is 1. The SMILES string of the molecule is Cc1cc(C)c(NC(=S)NC(=O)/C=C/c2cccc([N+](=O)[O-])c2)c(C)c1. The highest BCUT2D eigenvalue weighted by Gasteiger charge is 2.08. The summed E-state index contributed by atoms with van der Waals surface area (Å²) in [5, 5.41) is 16.6. The molecule has 0 saturated heterocycles. The Labute approximate surface area is 157 Å². The van der Waals surface area contributed by atoms with E-state index in [1.165, 1.54) is 24.3 Å². The Bertz CT molecular complexity index is 884. The van der Waals surface area contributed by atoms with E-state index in [0.29, 0.717) is 5.56 Å². The largest absolute Gasteiger partial charge is 0.332 e. The first-order chi connectivity index (χ1) is 12.3. The van der Waals surface area contributed by atoms with E-state index in [9.17, 15) is 14.9 Å². The van der Waals surface area contributed by atoms with Gasteiger partial charge in [0.25, 0.3) is 5.69 Å². The molecule has 7 heteroatoms. The van der Waals surface area contributed by atoms with Crippen LogP contribution in [0, 0.1) is 30.9 Å². The summed E-state index contributed by atoms with van der Waals surface area (Å²) in [5.41, 5.74) is 4.61. The average Bonchev–Trinajstić information content (AvgIpc) is 2.56. The maximum atomic E-state index is 12.0. The molecule has 2 aromatic carbocycles. The van der Waals surface area contributed by atoms with Gasteiger partial charge in [-0.2, -0.15) is 0 Å². The Hall–Kier alpha value is -3.06. The van der Waals surface area contributed by atoms with E-state index in [4.69, 9.17) is 12.2 Å². The van der Waals surface area contributed by atoms with Crippen LogP contribution in [-0.2, 0) is 4.79 Å². The molecule has 0 spiro atoms. The summed E-state index contributed by atoms with van der Waals surface area (Å²) in [6.45, 7) is 5.95. The van der Waals surface area contributed by atoms with Gasteiger partial charge >= 0.3 is 0 Å². The summed E-state index contributed by atoms with van der Waals surface area (Å²) in [4.78, 5) is 22.3. The minimum atomic E-state index is -0.483. The van der Waals surface area contributed by atoms with Crippen LogP contribution in [0.25, 0.3) is 6.08 Å². The van der Waals surface area contributed by atoms with Crippen LogP contribution in [0.2, 0.25) is 0 Å². The molecule has 2 aromatic rings. The molecule has 0 atom stereocenters. The number of nitrogens with zero attached hydrogens (tertiary/aromatic N) is 1. The second-order valence-corrected chi connectivity index (χ2v) is 6.31. The Morgan fingerprint density at radius 3 is 2.42 bits per heavy atom. The van der Waals surface area contributed by atoms with Gasteiger partial charge in [0.1, 0.15) is 0 Å². The summed E-state index contributed by atoms with van der Waals surface area (Å²) >= 11 is 5.18. The molecule has 6 nitrogen and oxygen atoms in total. The molecule has 1 amide bonds. The fraction of sp³-hybridized carbons (Fsp3) is 0.158. The van der Waals surface area contributed by atoms with Gasteiger partial charge in [0.2, 0.25) is 5.91 Å². The predicted molar refractivity (Wildman–Crippen MR) is 107 cm³/mol. The summed E-state index contributed by atoms with van der Waals surface area (Å²) in [7, 11) is 0. The summed E-state index contributed by atoms with van der Waals surface area (Å²) in [6.07, 6.45) is 2.77. The van der Waals surface area contributed by atoms with Crippen molar-refractivity contribution in [2.24, 2.45) is 0 Å². The van der Waals surface area contributed by atoms with Crippen LogP contribution in [0.15, 0.2) is 42.5 Å². The van der Waals surface area contributed by atoms with Crippen molar-refractivity contribution in [1.82, 2.24) is 5.32 Å². The third kappa shape index (κ3) is 5.22. The van der Waals surface area contributed by atoms with Crippen molar-refractivity contribution in [2.75, 3.05) is 5.32 Å². The standard InChI is InChI=1S/C19H19N3O3S/c1-12-9-13(2)18(14(3)10-12)21-19(26)20-17(23)8-7-15-5-4-6-16(11-15)22(24)25/h4-11H,1-3H3,(H2,20,21,23,26)/b8-7+. The number of nitrogens with one attached hydrogen (secondary N) is 2. The van der Waals surface area contributed by atoms with E-state index < -0.39 is 10.8 Å². The van der Waals surface area contributed by atoms with Crippen molar-refractivity contribution in [1.29, 1.82) is 0 Å². The number of hydrogen-bond donors (Lipinski definition) is 2. The van der Waals surface area contributed by atoms with E-state index in [2.05, 4.69) is 10.6 Å². The third-order valence-electron chi connectivity index (χ3n) is 3.66. The maximum absolute atomic E-state index is 12.0. The lowest BCUT2D eigenvalue weighted by atomic mass is 10.1. The predicted octanol–water partition coefficient (Wildman–Crippen LogP) is 4.05. The van der Waals surface area contributed by atoms with Crippen LogP contribution in [-0.4, -0.2) is 15.9 Å². The molecule has 0 saturated carbocycles. The van der Waals surface area contributed by atoms with Crippen molar-refractivity contribution in [2.45, 2.75) is 20.8 Å². The number of carbonyl (C=O) groups is 1. The smallest absolute Gasteiger partial charge is 0.270 e. The molecule has 0 unspecified atom stereocenters. The van der Waals surface area contributed by atoms with E-state index in [1.807, 2.05) is 32.9 Å². The number of non-ortho nitro benzene ring substituents is 1. The normalized spacial score (nSPS) is 10.6. The summed E-state index contributed by atoms with van der Waals surface area (Å²) in [6, 6.07) is 10.1. The molecule has 0 aliphatic rings. The summed E-state index contributed by atoms with van der Waals surface area (Å²) < 4.78 is 0. The molecule has 0 fully saturated rings. The van der Waals surface area contributed by atoms with Gasteiger partial charge < -0.3 is 5.32 Å². The van der Waals surface area contributed by atoms with E-state index in [0.717, 1.165) is 22.4 Å². The van der Waals surface area contributed by atoms with Crippen molar-refractivity contribution < 1.29 is 9.72 Å². The molecular weight excluding hydrogens is 350 g/mol. The van der Waals surface area contributed by atoms with Crippen molar-refractivity contribution >= 4 is 40.7 Å². The first-order valence-electron chi connectivity index (χ1n) is 7.88. The first-order valence-corrected chi connectivity index (χ1v) is 8.29. The van der Waals surface area contributed by atoms with Gasteiger partial charge in [0.15, 0.2) is 5.11 Å². The Kier molecular flexibility index (Phi) is 6.19. The van der Waals surface area contributed by atoms with E-state index >= 15 is 0 Å². The van der Waals surface area contributed by atoms with Crippen LogP contribution in [0.3, 0.4) is 0 Å². The number of carbonyl (C=O) groups excluding carboxylic acids is 1. The molecule has 0 bridgehead atoms. The topological polar surface area (TPSA) is 84.3 Å². The first kappa shape index (κ1) is 19.3. The molecule has 26 heavy (non-hydrogen) atoms. The highest BCUT2D eigenvalue weighted by molar-refractivity contribution is 7.80. The molecule has 2 rings (SSSR count). The molecule has 0 aromatic heterocycles. The number of nitro benzene ring substituents is 1. The van der Waals surface area contributed by atoms with E-state index in [-0.39, 0.29) is 10.8 Å². The minimum Gasteiger partial charge on any atom is -0.332 e. The molecule has 0 aliphatic carbocycles. The second kappa shape index (κ2) is 8.35. The van der Waals surface area contributed by atoms with Gasteiger partial charge in [-0.15, -0.1) is 0 Å². The van der Waals surface area contributed by atoms with Crippen molar-refractivity contribution in [3.63, 3.8) is 0 Å². The molecule has 134 valence electrons. The van der Waals surface area contributed by atoms with Crippen molar-refractivity contribution in [3.05, 3.63) is 74.8 Å². The highest BCUT2D eigenvalue weighted by Crippen LogP contribution is 2.21. The maximum Gasteiger partial charge on any atom is 0.270 e. The van der Waals surface area contributed by atoms with Gasteiger partial charge in [-0.25, -0.2) is 0 Å². The highest BCUT2D eigenvalue weighted by atomic mass is 32.1. The van der Waals surface area contributed by atoms with Gasteiger partial charge in [0.05, 0.1) is 4.92 Å². The second-order valence-electron chi connectivity index (χ2n) is 5.90. The number of rotatable bonds is 4. The molecule has 2 N–H and O–H groups in total. The lowest BCUT2D eigenvalue weighted by Gasteiger charge is -2.14. The zero-order valence-electron chi connectivity index (χ0n) is 14.7. The molecule has 0 radical (unpaired) electrons. The van der Waals surface area contributed by atoms with E-state index in [1.54, 1.807) is 12.1 Å². The lowest BCUT2D eigenvalue weighted by molar-refractivity contribution is -0.384. The number of thiocarbonyl (C=S) groups is 1. The fourth-order valence-electron chi connectivity index (χ4n) is 2.59. The quantitative estimate of drug-likeness (QED) is 0.368. The van der Waals surface area contributed by atoms with Crippen LogP contribution < -0.4 is 10.6 Å². The van der Waals surface area contributed by atoms with Gasteiger partial charge in [-0.05, 0) is 55.8 Å². The van der Waals surface area contributed by atoms with Crippen LogP contribution in [0.5, 0.6) is 0 Å². The molecule has 0 heterocycles. The van der Waals surface area contributed by atoms with Gasteiger partial charge in [-0.1, -0.05) is 29.8 Å². The number of amides is 1. The van der Waals surface area contributed by atoms with Crippen LogP contribution >= 0.6 is 12.2 Å². The van der Waals surface area contributed by atoms with Gasteiger partial charge in [0, 0.05) is 23.9 Å². The Morgan fingerprint density at radius 2 is 1.81 bits per heavy atom. The zero-order chi connectivity index (χ0) is 19.3. The van der Waals surface area contributed by atoms with Crippen LogP contribution in [0.1, 0.15) is 22.3 Å². The fourth-order valence-corrected chi connectivity index (χ4v) is 2.79. The zero-order valence-corrected chi connectivity index (χ0v) is 15.5. The Balaban J connectivity index is 2.00. The summed E-state index contributed by atoms with van der Waals surface area (Å²) in [5.74, 6) is -0.420. The lowest BCUT2D eigenvalue weighted by Crippen LogP contribution is -2.33. The molecule has 0 aliphatic heterocycles. The number of aryl methyl sites for hydroxylation is 3. The van der Waals surface area contributed by atoms with Gasteiger partial charge in [-0.3, -0.25) is 20.2 Å². The third-order valence-corrected chi connectivity index (χ3v) is 3.86. The monoisotopic (exact) mass is 369 g/mol. The number of nitro groups is 1. The van der Waals surface area contributed by atoms with Crippen molar-refractivity contribution in [3.8, 4) is 0 Å². The van der Waals surface area contributed by atoms with Crippen LogP contribution in [0.4, 0.5) is 11.4 Å². The number of hydrogen-bond acceptors (Lipinski definition) is 4. The molecular formula is C19H19N3O3S. The number of benzene rings is 2.